The molecule has 7 heteroatoms. The highest BCUT2D eigenvalue weighted by atomic mass is 19.1. The Morgan fingerprint density at radius 3 is 3.17 bits per heavy atom. The molecule has 6 nitrogen and oxygen atoms in total. The third kappa shape index (κ3) is 3.73. The molecule has 0 bridgehead atoms. The van der Waals surface area contributed by atoms with E-state index in [1.807, 2.05) is 13.0 Å². The van der Waals surface area contributed by atoms with E-state index in [-0.39, 0.29) is 18.0 Å². The first-order chi connectivity index (χ1) is 11.7. The second kappa shape index (κ2) is 7.72. The lowest BCUT2D eigenvalue weighted by atomic mass is 9.91. The Morgan fingerprint density at radius 2 is 2.42 bits per heavy atom. The topological polar surface area (TPSA) is 72.1 Å². The molecular weight excluding hydrogens is 311 g/mol. The fourth-order valence-electron chi connectivity index (χ4n) is 3.14. The number of hydrogen-bond donors (Lipinski definition) is 2. The van der Waals surface area contributed by atoms with E-state index < -0.39 is 0 Å². The van der Waals surface area contributed by atoms with Crippen LogP contribution in [-0.4, -0.2) is 35.4 Å². The number of aromatic nitrogens is 3. The van der Waals surface area contributed by atoms with Gasteiger partial charge in [-0.2, -0.15) is 5.10 Å². The number of aromatic amines is 1. The predicted octanol–water partition coefficient (Wildman–Crippen LogP) is 2.77. The maximum atomic E-state index is 14.0. The summed E-state index contributed by atoms with van der Waals surface area (Å²) in [5.41, 5.74) is 1.54. The zero-order valence-electron chi connectivity index (χ0n) is 14.0. The summed E-state index contributed by atoms with van der Waals surface area (Å²) in [7, 11) is 1.52. The van der Waals surface area contributed by atoms with E-state index >= 15 is 0 Å². The highest BCUT2D eigenvalue weighted by Crippen LogP contribution is 2.32. The molecule has 1 unspecified atom stereocenters. The van der Waals surface area contributed by atoms with Crippen LogP contribution in [-0.2, 0) is 4.74 Å². The van der Waals surface area contributed by atoms with E-state index in [1.165, 1.54) is 13.3 Å². The average Bonchev–Trinajstić information content (AvgIpc) is 3.15. The maximum absolute atomic E-state index is 14.0. The maximum Gasteiger partial charge on any atom is 0.213 e. The summed E-state index contributed by atoms with van der Waals surface area (Å²) < 4.78 is 25.0. The van der Waals surface area contributed by atoms with Crippen LogP contribution in [0.5, 0.6) is 5.88 Å². The van der Waals surface area contributed by atoms with Gasteiger partial charge in [-0.3, -0.25) is 5.10 Å². The quantitative estimate of drug-likeness (QED) is 0.850. The number of methoxy groups -OCH3 is 1. The minimum Gasteiger partial charge on any atom is -0.481 e. The fraction of sp³-hybridized carbons (Fsp3) is 0.529. The summed E-state index contributed by atoms with van der Waals surface area (Å²) in [5, 5.41) is 10.4. The smallest absolute Gasteiger partial charge is 0.213 e. The molecule has 3 rings (SSSR count). The van der Waals surface area contributed by atoms with Crippen LogP contribution in [0, 0.1) is 11.7 Å². The molecule has 2 N–H and O–H groups in total. The van der Waals surface area contributed by atoms with Gasteiger partial charge in [-0.25, -0.2) is 9.37 Å². The van der Waals surface area contributed by atoms with Gasteiger partial charge in [0.05, 0.1) is 19.0 Å². The van der Waals surface area contributed by atoms with Crippen molar-refractivity contribution in [2.75, 3.05) is 20.3 Å². The van der Waals surface area contributed by atoms with Crippen LogP contribution in [0.3, 0.4) is 0 Å². The molecule has 0 spiro atoms. The third-order valence-corrected chi connectivity index (χ3v) is 4.50. The summed E-state index contributed by atoms with van der Waals surface area (Å²) in [5.74, 6) is 0.394. The summed E-state index contributed by atoms with van der Waals surface area (Å²) in [4.78, 5) is 3.88. The van der Waals surface area contributed by atoms with Gasteiger partial charge in [0, 0.05) is 42.9 Å². The zero-order chi connectivity index (χ0) is 16.9. The molecule has 0 saturated carbocycles. The first kappa shape index (κ1) is 16.9. The van der Waals surface area contributed by atoms with Gasteiger partial charge in [-0.15, -0.1) is 0 Å². The largest absolute Gasteiger partial charge is 0.481 e. The number of nitrogens with zero attached hydrogens (tertiary/aromatic N) is 2. The van der Waals surface area contributed by atoms with Gasteiger partial charge >= 0.3 is 0 Å². The van der Waals surface area contributed by atoms with E-state index in [4.69, 9.17) is 9.47 Å². The molecule has 0 amide bonds. The highest BCUT2D eigenvalue weighted by Gasteiger charge is 2.29. The first-order valence-electron chi connectivity index (χ1n) is 8.22. The number of hydrogen-bond acceptors (Lipinski definition) is 5. The van der Waals surface area contributed by atoms with Crippen LogP contribution in [0.2, 0.25) is 0 Å². The summed E-state index contributed by atoms with van der Waals surface area (Å²) >= 11 is 0. The summed E-state index contributed by atoms with van der Waals surface area (Å²) in [6, 6.07) is 3.43. The molecular formula is C17H23FN4O2. The average molecular weight is 334 g/mol. The molecule has 2 aromatic rings. The molecule has 3 heterocycles. The van der Waals surface area contributed by atoms with Crippen LogP contribution >= 0.6 is 0 Å². The van der Waals surface area contributed by atoms with Crippen molar-refractivity contribution in [2.24, 2.45) is 5.92 Å². The van der Waals surface area contributed by atoms with Crippen LogP contribution in [0.1, 0.15) is 43.2 Å². The van der Waals surface area contributed by atoms with E-state index in [9.17, 15) is 4.39 Å². The van der Waals surface area contributed by atoms with Crippen molar-refractivity contribution in [2.45, 2.75) is 31.9 Å². The number of nitrogens with one attached hydrogen (secondary N) is 2. The Bertz CT molecular complexity index is 650. The van der Waals surface area contributed by atoms with Crippen molar-refractivity contribution in [1.82, 2.24) is 20.5 Å². The van der Waals surface area contributed by atoms with E-state index in [2.05, 4.69) is 20.5 Å². The van der Waals surface area contributed by atoms with Gasteiger partial charge in [-0.1, -0.05) is 0 Å². The molecule has 0 aromatic carbocycles. The lowest BCUT2D eigenvalue weighted by Gasteiger charge is -2.32. The molecule has 2 aromatic heterocycles. The number of H-pyrrole nitrogens is 1. The van der Waals surface area contributed by atoms with Gasteiger partial charge in [0.15, 0.2) is 0 Å². The van der Waals surface area contributed by atoms with Gasteiger partial charge in [0.1, 0.15) is 11.9 Å². The minimum absolute atomic E-state index is 0.00206. The fourth-order valence-corrected chi connectivity index (χ4v) is 3.14. The molecule has 1 aliphatic heterocycles. The number of pyridine rings is 1. The van der Waals surface area contributed by atoms with Gasteiger partial charge in [0.25, 0.3) is 0 Å². The van der Waals surface area contributed by atoms with Gasteiger partial charge in [0.2, 0.25) is 5.88 Å². The highest BCUT2D eigenvalue weighted by molar-refractivity contribution is 5.24. The monoisotopic (exact) mass is 334 g/mol. The number of rotatable bonds is 6. The van der Waals surface area contributed by atoms with Gasteiger partial charge < -0.3 is 14.8 Å². The molecule has 1 fully saturated rings. The molecule has 3 atom stereocenters. The predicted molar refractivity (Wildman–Crippen MR) is 87.2 cm³/mol. The van der Waals surface area contributed by atoms with Crippen molar-refractivity contribution >= 4 is 0 Å². The molecule has 1 saturated heterocycles. The van der Waals surface area contributed by atoms with E-state index in [0.717, 1.165) is 31.7 Å². The molecule has 1 aliphatic rings. The lowest BCUT2D eigenvalue weighted by Crippen LogP contribution is -2.33. The summed E-state index contributed by atoms with van der Waals surface area (Å²) in [6.45, 7) is 3.42. The number of ether oxygens (including phenoxy) is 2. The van der Waals surface area contributed by atoms with Crippen LogP contribution in [0.15, 0.2) is 24.5 Å². The van der Waals surface area contributed by atoms with Gasteiger partial charge in [-0.05, 0) is 25.8 Å². The van der Waals surface area contributed by atoms with Crippen molar-refractivity contribution < 1.29 is 13.9 Å². The Morgan fingerprint density at radius 1 is 1.54 bits per heavy atom. The summed E-state index contributed by atoms with van der Waals surface area (Å²) in [6.07, 6.45) is 5.02. The Labute approximate surface area is 140 Å². The SMILES string of the molecule is COc1cc(C(C)NC[C@@H]2CCCO[C@H]2c2ccn[nH]2)c(F)cn1. The van der Waals surface area contributed by atoms with Crippen molar-refractivity contribution in [3.8, 4) is 5.88 Å². The second-order valence-corrected chi connectivity index (χ2v) is 6.08. The Kier molecular flexibility index (Phi) is 5.42. The lowest BCUT2D eigenvalue weighted by molar-refractivity contribution is -0.0309. The van der Waals surface area contributed by atoms with Crippen LogP contribution in [0.25, 0.3) is 0 Å². The van der Waals surface area contributed by atoms with E-state index in [0.29, 0.717) is 17.4 Å². The van der Waals surface area contributed by atoms with Crippen LogP contribution in [0.4, 0.5) is 4.39 Å². The number of halogens is 1. The van der Waals surface area contributed by atoms with Crippen LogP contribution < -0.4 is 10.1 Å². The molecule has 0 aliphatic carbocycles. The molecule has 130 valence electrons. The molecule has 0 radical (unpaired) electrons. The Balaban J connectivity index is 1.65. The third-order valence-electron chi connectivity index (χ3n) is 4.50. The Hall–Kier alpha value is -1.99. The second-order valence-electron chi connectivity index (χ2n) is 6.08. The van der Waals surface area contributed by atoms with Crippen molar-refractivity contribution in [1.29, 1.82) is 0 Å². The normalized spacial score (nSPS) is 22.3. The first-order valence-corrected chi connectivity index (χ1v) is 8.22. The van der Waals surface area contributed by atoms with E-state index in [1.54, 1.807) is 12.3 Å². The minimum atomic E-state index is -0.333. The van der Waals surface area contributed by atoms with Crippen molar-refractivity contribution in [3.63, 3.8) is 0 Å². The zero-order valence-corrected chi connectivity index (χ0v) is 14.0. The molecule has 24 heavy (non-hydrogen) atoms. The standard InChI is InChI=1S/C17H23FN4O2/c1-11(13-8-16(23-2)20-10-14(13)18)19-9-12-4-3-7-24-17(12)15-5-6-21-22-15/h5-6,8,10-12,17,19H,3-4,7,9H2,1-2H3,(H,21,22)/t11?,12-,17+/m0/s1. The van der Waals surface area contributed by atoms with Crippen molar-refractivity contribution in [3.05, 3.63) is 41.6 Å².